The zero-order chi connectivity index (χ0) is 41.6. The number of rotatable bonds is 25. The molecule has 0 saturated carbocycles. The van der Waals surface area contributed by atoms with E-state index in [0.717, 1.165) is 31.5 Å². The Morgan fingerprint density at radius 1 is 0.855 bits per heavy atom. The lowest BCUT2D eigenvalue weighted by molar-refractivity contribution is -0.149. The van der Waals surface area contributed by atoms with Gasteiger partial charge in [0.2, 0.25) is 11.8 Å². The molecule has 312 valence electrons. The number of nitrogens with zero attached hydrogens (tertiary/aromatic N) is 3. The third kappa shape index (κ3) is 12.9. The molecule has 0 radical (unpaired) electrons. The van der Waals surface area contributed by atoms with Crippen molar-refractivity contribution in [2.75, 3.05) is 40.9 Å². The Balaban J connectivity index is 2.29. The molecule has 55 heavy (non-hydrogen) atoms. The summed E-state index contributed by atoms with van der Waals surface area (Å²) < 4.78 is 12.0. The first kappa shape index (κ1) is 48.0. The Morgan fingerprint density at radius 2 is 1.47 bits per heavy atom. The number of ether oxygens (including phenoxy) is 2. The minimum atomic E-state index is -1.02. The van der Waals surface area contributed by atoms with Gasteiger partial charge in [-0.3, -0.25) is 28.9 Å². The fraction of sp³-hybridized carbons (Fsp3) is 0.750. The molecular weight excluding hydrogens is 698 g/mol. The average molecular weight is 772 g/mol. The Morgan fingerprint density at radius 3 is 1.96 bits per heavy atom. The Labute approximate surface area is 331 Å². The van der Waals surface area contributed by atoms with Gasteiger partial charge >= 0.3 is 5.97 Å². The van der Waals surface area contributed by atoms with E-state index in [4.69, 9.17) is 9.47 Å². The van der Waals surface area contributed by atoms with E-state index in [-0.39, 0.29) is 78.9 Å². The maximum atomic E-state index is 14.4. The summed E-state index contributed by atoms with van der Waals surface area (Å²) in [6.07, 6.45) is 1.19. The van der Waals surface area contributed by atoms with Crippen LogP contribution in [0.15, 0.2) is 30.3 Å². The number of carboxylic acid groups (broad SMARTS) is 1. The molecule has 1 saturated heterocycles. The summed E-state index contributed by atoms with van der Waals surface area (Å²) in [4.78, 5) is 74.0. The number of likely N-dealkylation sites (N-methyl/N-ethyl adjacent to an activating group) is 2. The first-order chi connectivity index (χ1) is 26.0. The van der Waals surface area contributed by atoms with Crippen molar-refractivity contribution in [3.63, 3.8) is 0 Å². The van der Waals surface area contributed by atoms with Gasteiger partial charge < -0.3 is 24.4 Å². The first-order valence-corrected chi connectivity index (χ1v) is 20.7. The Hall–Kier alpha value is -3.15. The molecule has 0 aromatic heterocycles. The van der Waals surface area contributed by atoms with Gasteiger partial charge in [0.05, 0.1) is 42.7 Å². The molecule has 2 rings (SSSR count). The molecule has 11 nitrogen and oxygen atoms in total. The minimum Gasteiger partial charge on any atom is -0.481 e. The molecular formula is C44H73N3O8. The van der Waals surface area contributed by atoms with Crippen molar-refractivity contribution >= 4 is 29.4 Å². The normalized spacial score (nSPS) is 19.1. The molecule has 1 heterocycles. The molecule has 2 amide bonds. The molecule has 9 atom stereocenters. The molecule has 1 aromatic rings. The van der Waals surface area contributed by atoms with E-state index in [9.17, 15) is 29.1 Å². The summed E-state index contributed by atoms with van der Waals surface area (Å²) in [7, 11) is 4.88. The zero-order valence-electron chi connectivity index (χ0n) is 36.0. The van der Waals surface area contributed by atoms with Gasteiger partial charge in [-0.05, 0) is 55.7 Å². The van der Waals surface area contributed by atoms with Crippen LogP contribution in [0.2, 0.25) is 0 Å². The molecule has 1 aliphatic rings. The van der Waals surface area contributed by atoms with Crippen molar-refractivity contribution in [2.24, 2.45) is 35.5 Å². The topological polar surface area (TPSA) is 134 Å². The highest BCUT2D eigenvalue weighted by Gasteiger charge is 2.43. The number of benzene rings is 1. The summed E-state index contributed by atoms with van der Waals surface area (Å²) >= 11 is 0. The summed E-state index contributed by atoms with van der Waals surface area (Å²) in [6, 6.07) is 8.22. The first-order valence-electron chi connectivity index (χ1n) is 20.7. The predicted molar refractivity (Wildman–Crippen MR) is 217 cm³/mol. The van der Waals surface area contributed by atoms with E-state index in [0.29, 0.717) is 13.0 Å². The number of likely N-dealkylation sites (tertiary alicyclic amines) is 1. The number of hydrogen-bond donors (Lipinski definition) is 1. The van der Waals surface area contributed by atoms with Crippen molar-refractivity contribution < 1.29 is 38.6 Å². The minimum absolute atomic E-state index is 0.00823. The Bertz CT molecular complexity index is 1370. The maximum Gasteiger partial charge on any atom is 0.307 e. The monoisotopic (exact) mass is 772 g/mol. The molecule has 1 aromatic carbocycles. The number of amides is 2. The van der Waals surface area contributed by atoms with Gasteiger partial charge in [-0.1, -0.05) is 99.1 Å². The van der Waals surface area contributed by atoms with Crippen LogP contribution >= 0.6 is 0 Å². The lowest BCUT2D eigenvalue weighted by Crippen LogP contribution is -2.54. The standard InChI is InChI=1S/C44H73N3O8/c1-13-30(8)41(45(10)43(51)34(28(4)5)26-37(49)40(29(6)7)46(14-2)15-3)38(54-11)27-39(50)47-23-19-22-35(47)42(55-12)31(9)36(48)25-33(44(52)53)24-32-20-17-16-18-21-32/h16-18,20-21,28-31,33-35,38,40-42H,13-15,19,22-27H2,1-12H3,(H,52,53)/t30-,31-,33+,34-,35-,38+,40-,41-,42+/m0/s1. The van der Waals surface area contributed by atoms with E-state index in [1.54, 1.807) is 30.9 Å². The SMILES string of the molecule is CC[C@H](C)[C@@H]([C@@H](CC(=O)N1CCC[C@H]1[C@H](OC)[C@@H](C)C(=O)C[C@@H](Cc1ccccc1)C(=O)O)OC)N(C)C(=O)[C@@H](CC(=O)[C@H](C(C)C)N(CC)CC)C(C)C. The Kier molecular flexibility index (Phi) is 20.2. The lowest BCUT2D eigenvalue weighted by Gasteiger charge is -2.41. The summed E-state index contributed by atoms with van der Waals surface area (Å²) in [6.45, 7) is 20.1. The van der Waals surface area contributed by atoms with Crippen LogP contribution in [0, 0.1) is 35.5 Å². The van der Waals surface area contributed by atoms with Crippen LogP contribution in [0.25, 0.3) is 0 Å². The van der Waals surface area contributed by atoms with Crippen molar-refractivity contribution in [1.82, 2.24) is 14.7 Å². The highest BCUT2D eigenvalue weighted by Crippen LogP contribution is 2.32. The number of ketones is 2. The van der Waals surface area contributed by atoms with Gasteiger partial charge in [0.25, 0.3) is 0 Å². The second kappa shape index (κ2) is 23.2. The molecule has 0 spiro atoms. The van der Waals surface area contributed by atoms with Crippen LogP contribution in [0.5, 0.6) is 0 Å². The van der Waals surface area contributed by atoms with Crippen molar-refractivity contribution in [1.29, 1.82) is 0 Å². The van der Waals surface area contributed by atoms with E-state index >= 15 is 0 Å². The van der Waals surface area contributed by atoms with Crippen molar-refractivity contribution in [2.45, 2.75) is 138 Å². The number of carbonyl (C=O) groups is 5. The quantitative estimate of drug-likeness (QED) is 0.120. The van der Waals surface area contributed by atoms with Gasteiger partial charge in [-0.2, -0.15) is 0 Å². The zero-order valence-corrected chi connectivity index (χ0v) is 36.0. The molecule has 0 aliphatic carbocycles. The van der Waals surface area contributed by atoms with Crippen LogP contribution in [0.1, 0.15) is 106 Å². The number of methoxy groups -OCH3 is 2. The smallest absolute Gasteiger partial charge is 0.307 e. The number of carboxylic acids is 1. The van der Waals surface area contributed by atoms with Gasteiger partial charge in [0.1, 0.15) is 5.78 Å². The maximum absolute atomic E-state index is 14.4. The number of hydrogen-bond acceptors (Lipinski definition) is 8. The number of Topliss-reactive ketones (excluding diaryl/α,β-unsaturated/α-hetero) is 2. The molecule has 11 heteroatoms. The average Bonchev–Trinajstić information content (AvgIpc) is 3.64. The predicted octanol–water partition coefficient (Wildman–Crippen LogP) is 6.41. The van der Waals surface area contributed by atoms with Crippen LogP contribution in [-0.4, -0.2) is 120 Å². The highest BCUT2D eigenvalue weighted by molar-refractivity contribution is 5.90. The van der Waals surface area contributed by atoms with E-state index in [2.05, 4.69) is 46.4 Å². The number of carbonyl (C=O) groups excluding carboxylic acids is 4. The van der Waals surface area contributed by atoms with Gasteiger partial charge in [-0.15, -0.1) is 0 Å². The summed E-state index contributed by atoms with van der Waals surface area (Å²) in [5.74, 6) is -3.43. The third-order valence-electron chi connectivity index (χ3n) is 12.2. The summed E-state index contributed by atoms with van der Waals surface area (Å²) in [5, 5.41) is 9.96. The van der Waals surface area contributed by atoms with Crippen molar-refractivity contribution in [3.05, 3.63) is 35.9 Å². The lowest BCUT2D eigenvalue weighted by atomic mass is 9.83. The van der Waals surface area contributed by atoms with E-state index in [1.165, 1.54) is 7.11 Å². The fourth-order valence-electron chi connectivity index (χ4n) is 8.74. The fourth-order valence-corrected chi connectivity index (χ4v) is 8.74. The summed E-state index contributed by atoms with van der Waals surface area (Å²) in [5.41, 5.74) is 0.852. The van der Waals surface area contributed by atoms with Crippen LogP contribution in [-0.2, 0) is 39.9 Å². The van der Waals surface area contributed by atoms with Gasteiger partial charge in [0, 0.05) is 52.5 Å². The van der Waals surface area contributed by atoms with Crippen molar-refractivity contribution in [3.8, 4) is 0 Å². The molecule has 1 fully saturated rings. The van der Waals surface area contributed by atoms with Crippen LogP contribution < -0.4 is 0 Å². The molecule has 1 aliphatic heterocycles. The second-order valence-corrected chi connectivity index (χ2v) is 16.4. The third-order valence-corrected chi connectivity index (χ3v) is 12.2. The molecule has 0 unspecified atom stereocenters. The highest BCUT2D eigenvalue weighted by atomic mass is 16.5. The second-order valence-electron chi connectivity index (χ2n) is 16.4. The van der Waals surface area contributed by atoms with Gasteiger partial charge in [-0.25, -0.2) is 0 Å². The van der Waals surface area contributed by atoms with Crippen LogP contribution in [0.4, 0.5) is 0 Å². The molecule has 0 bridgehead atoms. The molecule has 1 N–H and O–H groups in total. The van der Waals surface area contributed by atoms with E-state index in [1.807, 2.05) is 44.2 Å². The number of aliphatic carboxylic acids is 1. The largest absolute Gasteiger partial charge is 0.481 e. The van der Waals surface area contributed by atoms with Gasteiger partial charge in [0.15, 0.2) is 5.78 Å². The van der Waals surface area contributed by atoms with E-state index < -0.39 is 42.0 Å². The van der Waals surface area contributed by atoms with Crippen LogP contribution in [0.3, 0.4) is 0 Å².